The minimum absolute atomic E-state index is 0.0599. The highest BCUT2D eigenvalue weighted by molar-refractivity contribution is 7.90. The van der Waals surface area contributed by atoms with Gasteiger partial charge in [0, 0.05) is 17.9 Å². The molecule has 0 fully saturated rings. The maximum absolute atomic E-state index is 13.2. The molecule has 0 saturated carbocycles. The number of carbonyl (C=O) groups is 1. The van der Waals surface area contributed by atoms with E-state index in [9.17, 15) is 27.5 Å². The minimum atomic E-state index is -3.44. The van der Waals surface area contributed by atoms with E-state index in [-0.39, 0.29) is 27.9 Å². The summed E-state index contributed by atoms with van der Waals surface area (Å²) < 4.78 is 47.8. The van der Waals surface area contributed by atoms with Gasteiger partial charge in [-0.3, -0.25) is 9.59 Å². The SMILES string of the molecule is CC(C(=O)O)c1cc(=O)c(Oc2ccc(F)cc2)c(-c2ccc(S(C)(=O)=O)cc2)o1. The third-order valence-corrected chi connectivity index (χ3v) is 5.43. The van der Waals surface area contributed by atoms with E-state index >= 15 is 0 Å². The molecule has 0 saturated heterocycles. The fourth-order valence-corrected chi connectivity index (χ4v) is 3.23. The summed E-state index contributed by atoms with van der Waals surface area (Å²) in [5, 5.41) is 9.25. The lowest BCUT2D eigenvalue weighted by atomic mass is 10.1. The molecule has 0 aliphatic rings. The molecular formula is C21H17FO7S. The normalized spacial score (nSPS) is 12.4. The van der Waals surface area contributed by atoms with E-state index in [0.29, 0.717) is 5.56 Å². The highest BCUT2D eigenvalue weighted by Crippen LogP contribution is 2.33. The van der Waals surface area contributed by atoms with Crippen LogP contribution in [0.1, 0.15) is 18.6 Å². The molecule has 1 aromatic heterocycles. The topological polar surface area (TPSA) is 111 Å². The molecule has 0 radical (unpaired) electrons. The van der Waals surface area contributed by atoms with Crippen molar-refractivity contribution in [3.63, 3.8) is 0 Å². The van der Waals surface area contributed by atoms with Crippen LogP contribution < -0.4 is 10.2 Å². The third-order valence-electron chi connectivity index (χ3n) is 4.30. The van der Waals surface area contributed by atoms with Crippen LogP contribution in [-0.4, -0.2) is 25.7 Å². The molecule has 0 aliphatic carbocycles. The molecule has 2 aromatic carbocycles. The van der Waals surface area contributed by atoms with Gasteiger partial charge in [-0.15, -0.1) is 0 Å². The van der Waals surface area contributed by atoms with Crippen LogP contribution in [0, 0.1) is 5.82 Å². The molecule has 1 unspecified atom stereocenters. The van der Waals surface area contributed by atoms with Crippen molar-refractivity contribution in [3.8, 4) is 22.8 Å². The molecule has 1 heterocycles. The number of benzene rings is 2. The summed E-state index contributed by atoms with van der Waals surface area (Å²) in [5.74, 6) is -3.03. The molecule has 7 nitrogen and oxygen atoms in total. The van der Waals surface area contributed by atoms with Crippen molar-refractivity contribution < 1.29 is 31.9 Å². The predicted octanol–water partition coefficient (Wildman–Crippen LogP) is 3.83. The second-order valence-corrected chi connectivity index (χ2v) is 8.60. The Balaban J connectivity index is 2.17. The molecule has 3 rings (SSSR count). The highest BCUT2D eigenvalue weighted by Gasteiger charge is 2.23. The highest BCUT2D eigenvalue weighted by atomic mass is 32.2. The number of halogens is 1. The molecule has 30 heavy (non-hydrogen) atoms. The zero-order valence-corrected chi connectivity index (χ0v) is 16.8. The Kier molecular flexibility index (Phi) is 5.75. The van der Waals surface area contributed by atoms with E-state index < -0.39 is 33.0 Å². The van der Waals surface area contributed by atoms with E-state index in [4.69, 9.17) is 9.15 Å². The number of ether oxygens (including phenoxy) is 1. The van der Waals surface area contributed by atoms with E-state index in [1.54, 1.807) is 0 Å². The Morgan fingerprint density at radius 3 is 2.23 bits per heavy atom. The molecule has 1 N–H and O–H groups in total. The number of carboxylic acid groups (broad SMARTS) is 1. The largest absolute Gasteiger partial charge is 0.481 e. The van der Waals surface area contributed by atoms with Crippen molar-refractivity contribution in [3.05, 3.63) is 76.4 Å². The summed E-state index contributed by atoms with van der Waals surface area (Å²) in [5.41, 5.74) is -0.341. The first-order valence-corrected chi connectivity index (χ1v) is 10.6. The van der Waals surface area contributed by atoms with Gasteiger partial charge in [-0.1, -0.05) is 0 Å². The molecule has 1 atom stereocenters. The average molecular weight is 432 g/mol. The molecular weight excluding hydrogens is 415 g/mol. The predicted molar refractivity (Wildman–Crippen MR) is 106 cm³/mol. The second kappa shape index (κ2) is 8.11. The Bertz CT molecular complexity index is 1240. The molecule has 0 aliphatic heterocycles. The molecule has 0 bridgehead atoms. The number of carboxylic acids is 1. The molecule has 156 valence electrons. The van der Waals surface area contributed by atoms with Crippen molar-refractivity contribution in [2.24, 2.45) is 0 Å². The number of aliphatic carboxylic acids is 1. The maximum Gasteiger partial charge on any atom is 0.313 e. The zero-order valence-electron chi connectivity index (χ0n) is 16.0. The van der Waals surface area contributed by atoms with E-state index in [2.05, 4.69) is 0 Å². The van der Waals surface area contributed by atoms with Crippen LogP contribution in [0.4, 0.5) is 4.39 Å². The zero-order chi connectivity index (χ0) is 22.1. The fourth-order valence-electron chi connectivity index (χ4n) is 2.60. The molecule has 0 spiro atoms. The summed E-state index contributed by atoms with van der Waals surface area (Å²) in [4.78, 5) is 24.1. The summed E-state index contributed by atoms with van der Waals surface area (Å²) in [6.45, 7) is 1.36. The summed E-state index contributed by atoms with van der Waals surface area (Å²) in [7, 11) is -3.44. The Labute approximate surface area is 171 Å². The lowest BCUT2D eigenvalue weighted by Crippen LogP contribution is -2.13. The number of hydrogen-bond donors (Lipinski definition) is 1. The van der Waals surface area contributed by atoms with Crippen molar-refractivity contribution in [1.29, 1.82) is 0 Å². The monoisotopic (exact) mass is 432 g/mol. The van der Waals surface area contributed by atoms with Gasteiger partial charge in [0.25, 0.3) is 0 Å². The van der Waals surface area contributed by atoms with Crippen molar-refractivity contribution in [2.45, 2.75) is 17.7 Å². The quantitative estimate of drug-likeness (QED) is 0.630. The van der Waals surface area contributed by atoms with Gasteiger partial charge < -0.3 is 14.3 Å². The molecule has 9 heteroatoms. The summed E-state index contributed by atoms with van der Waals surface area (Å²) in [6.07, 6.45) is 1.06. The van der Waals surface area contributed by atoms with Crippen molar-refractivity contribution in [2.75, 3.05) is 6.26 Å². The van der Waals surface area contributed by atoms with E-state index in [1.807, 2.05) is 0 Å². The van der Waals surface area contributed by atoms with Crippen LogP contribution in [-0.2, 0) is 14.6 Å². The van der Waals surface area contributed by atoms with Gasteiger partial charge in [0.1, 0.15) is 23.2 Å². The van der Waals surface area contributed by atoms with Crippen LogP contribution in [0.2, 0.25) is 0 Å². The van der Waals surface area contributed by atoms with Crippen LogP contribution in [0.3, 0.4) is 0 Å². The van der Waals surface area contributed by atoms with E-state index in [1.165, 1.54) is 43.3 Å². The summed E-state index contributed by atoms with van der Waals surface area (Å²) >= 11 is 0. The molecule has 3 aromatic rings. The van der Waals surface area contributed by atoms with Gasteiger partial charge in [0.15, 0.2) is 15.6 Å². The van der Waals surface area contributed by atoms with Crippen LogP contribution in [0.15, 0.2) is 68.7 Å². The van der Waals surface area contributed by atoms with E-state index in [0.717, 1.165) is 24.5 Å². The van der Waals surface area contributed by atoms with Gasteiger partial charge in [0.05, 0.1) is 4.90 Å². The van der Waals surface area contributed by atoms with Gasteiger partial charge in [0.2, 0.25) is 11.2 Å². The first-order valence-electron chi connectivity index (χ1n) is 8.71. The lowest BCUT2D eigenvalue weighted by molar-refractivity contribution is -0.138. The smallest absolute Gasteiger partial charge is 0.313 e. The maximum atomic E-state index is 13.2. The van der Waals surface area contributed by atoms with Crippen LogP contribution in [0.25, 0.3) is 11.3 Å². The lowest BCUT2D eigenvalue weighted by Gasteiger charge is -2.13. The Morgan fingerprint density at radius 1 is 1.10 bits per heavy atom. The third kappa shape index (κ3) is 4.57. The Morgan fingerprint density at radius 2 is 1.70 bits per heavy atom. The first-order chi connectivity index (χ1) is 14.1. The average Bonchev–Trinajstić information content (AvgIpc) is 2.69. The molecule has 0 amide bonds. The van der Waals surface area contributed by atoms with Crippen molar-refractivity contribution in [1.82, 2.24) is 0 Å². The number of hydrogen-bond acceptors (Lipinski definition) is 6. The van der Waals surface area contributed by atoms with Gasteiger partial charge in [-0.25, -0.2) is 12.8 Å². The van der Waals surface area contributed by atoms with Gasteiger partial charge in [-0.05, 0) is 55.5 Å². The number of rotatable bonds is 6. The minimum Gasteiger partial charge on any atom is -0.481 e. The first kappa shape index (κ1) is 21.3. The Hall–Kier alpha value is -3.46. The number of sulfone groups is 1. The van der Waals surface area contributed by atoms with Gasteiger partial charge in [-0.2, -0.15) is 0 Å². The fraction of sp³-hybridized carbons (Fsp3) is 0.143. The van der Waals surface area contributed by atoms with Crippen molar-refractivity contribution >= 4 is 15.8 Å². The van der Waals surface area contributed by atoms with Crippen LogP contribution >= 0.6 is 0 Å². The standard InChI is InChI=1S/C21H17FO7S/c1-12(21(24)25)18-11-17(23)20(28-15-7-5-14(22)6-8-15)19(29-18)13-3-9-16(10-4-13)30(2,26)27/h3-12H,1-2H3,(H,24,25). The second-order valence-electron chi connectivity index (χ2n) is 6.58. The summed E-state index contributed by atoms with van der Waals surface area (Å²) in [6, 6.07) is 11.5. The van der Waals surface area contributed by atoms with Crippen LogP contribution in [0.5, 0.6) is 11.5 Å². The van der Waals surface area contributed by atoms with Gasteiger partial charge >= 0.3 is 5.97 Å².